The van der Waals surface area contributed by atoms with Crippen molar-refractivity contribution in [3.05, 3.63) is 42.5 Å². The van der Waals surface area contributed by atoms with Crippen LogP contribution in [0.15, 0.2) is 41.1 Å². The average molecular weight is 246 g/mol. The maximum absolute atomic E-state index is 5.66. The number of furan rings is 1. The van der Waals surface area contributed by atoms with E-state index in [4.69, 9.17) is 9.15 Å². The Balaban J connectivity index is 2.13. The molecule has 96 valence electrons. The predicted molar refractivity (Wildman–Crippen MR) is 70.7 cm³/mol. The van der Waals surface area contributed by atoms with Crippen LogP contribution in [0.4, 0.5) is 5.69 Å². The lowest BCUT2D eigenvalue weighted by atomic mass is 10.2. The summed E-state index contributed by atoms with van der Waals surface area (Å²) in [7, 11) is 0. The third kappa shape index (κ3) is 3.03. The van der Waals surface area contributed by atoms with Crippen LogP contribution < -0.4 is 10.1 Å². The van der Waals surface area contributed by atoms with Crippen LogP contribution >= 0.6 is 0 Å². The minimum absolute atomic E-state index is 0.0683. The van der Waals surface area contributed by atoms with Crippen molar-refractivity contribution in [3.8, 4) is 5.88 Å². The Bertz CT molecular complexity index is 480. The lowest BCUT2D eigenvalue weighted by molar-refractivity contribution is 0.234. The summed E-state index contributed by atoms with van der Waals surface area (Å²) in [6.07, 6.45) is 3.49. The van der Waals surface area contributed by atoms with Crippen LogP contribution in [0.5, 0.6) is 5.88 Å². The molecule has 1 N–H and O–H groups in total. The van der Waals surface area contributed by atoms with Crippen LogP contribution in [0.3, 0.4) is 0 Å². The molecule has 4 nitrogen and oxygen atoms in total. The maximum Gasteiger partial charge on any atom is 0.237 e. The number of hydrogen-bond acceptors (Lipinski definition) is 4. The Kier molecular flexibility index (Phi) is 3.87. The van der Waals surface area contributed by atoms with Crippen molar-refractivity contribution in [1.82, 2.24) is 4.98 Å². The van der Waals surface area contributed by atoms with Crippen molar-refractivity contribution in [2.24, 2.45) is 0 Å². The first-order chi connectivity index (χ1) is 8.66. The van der Waals surface area contributed by atoms with Gasteiger partial charge in [0.05, 0.1) is 24.1 Å². The second-order valence-corrected chi connectivity index (χ2v) is 4.40. The molecule has 1 atom stereocenters. The number of rotatable bonds is 5. The molecule has 2 rings (SSSR count). The van der Waals surface area contributed by atoms with E-state index in [9.17, 15) is 0 Å². The highest BCUT2D eigenvalue weighted by atomic mass is 16.5. The van der Waals surface area contributed by atoms with Gasteiger partial charge in [0.25, 0.3) is 0 Å². The molecule has 0 aliphatic heterocycles. The number of ether oxygens (including phenoxy) is 1. The lowest BCUT2D eigenvalue weighted by Gasteiger charge is -2.17. The average Bonchev–Trinajstić information content (AvgIpc) is 2.84. The Hall–Kier alpha value is -1.97. The molecule has 0 aliphatic carbocycles. The summed E-state index contributed by atoms with van der Waals surface area (Å²) in [5.41, 5.74) is 0.870. The van der Waals surface area contributed by atoms with Gasteiger partial charge in [0.2, 0.25) is 5.88 Å². The highest BCUT2D eigenvalue weighted by Gasteiger charge is 2.12. The Morgan fingerprint density at radius 2 is 2.06 bits per heavy atom. The molecule has 4 heteroatoms. The fourth-order valence-electron chi connectivity index (χ4n) is 1.66. The molecule has 0 saturated heterocycles. The zero-order valence-electron chi connectivity index (χ0n) is 10.9. The van der Waals surface area contributed by atoms with Gasteiger partial charge in [-0.1, -0.05) is 0 Å². The smallest absolute Gasteiger partial charge is 0.237 e. The van der Waals surface area contributed by atoms with Gasteiger partial charge in [0.1, 0.15) is 5.76 Å². The molecule has 0 saturated carbocycles. The fourth-order valence-corrected chi connectivity index (χ4v) is 1.66. The second kappa shape index (κ2) is 5.58. The molecule has 0 radical (unpaired) electrons. The molecule has 2 aromatic rings. The summed E-state index contributed by atoms with van der Waals surface area (Å²) in [6, 6.07) is 7.71. The quantitative estimate of drug-likeness (QED) is 0.875. The number of nitrogens with one attached hydrogen (secondary N) is 1. The summed E-state index contributed by atoms with van der Waals surface area (Å²) >= 11 is 0. The van der Waals surface area contributed by atoms with E-state index in [2.05, 4.69) is 10.3 Å². The van der Waals surface area contributed by atoms with Gasteiger partial charge in [-0.15, -0.1) is 0 Å². The number of pyridine rings is 1. The largest absolute Gasteiger partial charge is 0.473 e. The first-order valence-electron chi connectivity index (χ1n) is 6.08. The highest BCUT2D eigenvalue weighted by molar-refractivity contribution is 5.53. The van der Waals surface area contributed by atoms with Gasteiger partial charge in [-0.2, -0.15) is 0 Å². The van der Waals surface area contributed by atoms with Crippen LogP contribution in [0.2, 0.25) is 0 Å². The lowest BCUT2D eigenvalue weighted by Crippen LogP contribution is -2.11. The third-order valence-electron chi connectivity index (χ3n) is 2.46. The van der Waals surface area contributed by atoms with Crippen molar-refractivity contribution in [1.29, 1.82) is 0 Å². The first kappa shape index (κ1) is 12.5. The van der Waals surface area contributed by atoms with E-state index >= 15 is 0 Å². The molecule has 0 fully saturated rings. The van der Waals surface area contributed by atoms with E-state index in [0.717, 1.165) is 11.4 Å². The van der Waals surface area contributed by atoms with Gasteiger partial charge < -0.3 is 14.5 Å². The van der Waals surface area contributed by atoms with Crippen molar-refractivity contribution < 1.29 is 9.15 Å². The number of hydrogen-bond donors (Lipinski definition) is 1. The molecule has 1 unspecified atom stereocenters. The summed E-state index contributed by atoms with van der Waals surface area (Å²) < 4.78 is 11.0. The van der Waals surface area contributed by atoms with Crippen molar-refractivity contribution >= 4 is 5.69 Å². The monoisotopic (exact) mass is 246 g/mol. The van der Waals surface area contributed by atoms with Crippen LogP contribution in [0, 0.1) is 0 Å². The highest BCUT2D eigenvalue weighted by Crippen LogP contribution is 2.26. The molecule has 0 amide bonds. The van der Waals surface area contributed by atoms with Crippen LogP contribution in [0.1, 0.15) is 32.6 Å². The maximum atomic E-state index is 5.66. The SMILES string of the molecule is CC(C)Oc1ncccc1NC(C)c1ccco1. The van der Waals surface area contributed by atoms with Gasteiger partial charge >= 0.3 is 0 Å². The number of anilines is 1. The normalized spacial score (nSPS) is 12.4. The van der Waals surface area contributed by atoms with Crippen molar-refractivity contribution in [2.45, 2.75) is 32.9 Å². The van der Waals surface area contributed by atoms with Gasteiger partial charge in [-0.3, -0.25) is 0 Å². The predicted octanol–water partition coefficient (Wildman–Crippen LogP) is 3.63. The van der Waals surface area contributed by atoms with Gasteiger partial charge in [0, 0.05) is 6.20 Å². The summed E-state index contributed by atoms with van der Waals surface area (Å²) in [5, 5.41) is 3.34. The first-order valence-corrected chi connectivity index (χ1v) is 6.08. The summed E-state index contributed by atoms with van der Waals surface area (Å²) in [4.78, 5) is 4.24. The number of aromatic nitrogens is 1. The van der Waals surface area contributed by atoms with Crippen molar-refractivity contribution in [2.75, 3.05) is 5.32 Å². The van der Waals surface area contributed by atoms with E-state index in [-0.39, 0.29) is 12.1 Å². The molecule has 2 aromatic heterocycles. The minimum Gasteiger partial charge on any atom is -0.473 e. The van der Waals surface area contributed by atoms with Crippen LogP contribution in [-0.2, 0) is 0 Å². The van der Waals surface area contributed by atoms with E-state index in [1.54, 1.807) is 12.5 Å². The molecule has 0 bridgehead atoms. The van der Waals surface area contributed by atoms with E-state index < -0.39 is 0 Å². The molecular formula is C14H18N2O2. The minimum atomic E-state index is 0.0683. The standard InChI is InChI=1S/C14H18N2O2/c1-10(2)18-14-12(6-4-8-15-14)16-11(3)13-7-5-9-17-13/h4-11,16H,1-3H3. The third-order valence-corrected chi connectivity index (χ3v) is 2.46. The van der Waals surface area contributed by atoms with Crippen LogP contribution in [-0.4, -0.2) is 11.1 Å². The van der Waals surface area contributed by atoms with Crippen LogP contribution in [0.25, 0.3) is 0 Å². The summed E-state index contributed by atoms with van der Waals surface area (Å²) in [6.45, 7) is 5.99. The second-order valence-electron chi connectivity index (χ2n) is 4.40. The number of nitrogens with zero attached hydrogens (tertiary/aromatic N) is 1. The summed E-state index contributed by atoms with van der Waals surface area (Å²) in [5.74, 6) is 1.50. The molecule has 0 aliphatic rings. The molecule has 0 aromatic carbocycles. The van der Waals surface area contributed by atoms with E-state index in [0.29, 0.717) is 5.88 Å². The molecule has 0 spiro atoms. The zero-order chi connectivity index (χ0) is 13.0. The van der Waals surface area contributed by atoms with Crippen molar-refractivity contribution in [3.63, 3.8) is 0 Å². The Labute approximate surface area is 107 Å². The molecule has 2 heterocycles. The Morgan fingerprint density at radius 3 is 2.72 bits per heavy atom. The molecular weight excluding hydrogens is 228 g/mol. The van der Waals surface area contributed by atoms with Gasteiger partial charge in [0.15, 0.2) is 0 Å². The van der Waals surface area contributed by atoms with Gasteiger partial charge in [-0.05, 0) is 45.0 Å². The topological polar surface area (TPSA) is 47.3 Å². The van der Waals surface area contributed by atoms with E-state index in [1.165, 1.54) is 0 Å². The molecule has 18 heavy (non-hydrogen) atoms. The Morgan fingerprint density at radius 1 is 1.22 bits per heavy atom. The van der Waals surface area contributed by atoms with E-state index in [1.807, 2.05) is 45.0 Å². The van der Waals surface area contributed by atoms with Gasteiger partial charge in [-0.25, -0.2) is 4.98 Å². The fraction of sp³-hybridized carbons (Fsp3) is 0.357. The zero-order valence-corrected chi connectivity index (χ0v) is 10.9.